The Morgan fingerprint density at radius 1 is 1.07 bits per heavy atom. The molecule has 30 heavy (non-hydrogen) atoms. The molecule has 0 unspecified atom stereocenters. The molecule has 2 aliphatic rings. The third-order valence-corrected chi connectivity index (χ3v) is 6.65. The van der Waals surface area contributed by atoms with Gasteiger partial charge in [0.15, 0.2) is 5.16 Å². The zero-order chi connectivity index (χ0) is 20.5. The Bertz CT molecular complexity index is 985. The highest BCUT2D eigenvalue weighted by atomic mass is 32.2. The van der Waals surface area contributed by atoms with Crippen LogP contribution in [0.4, 0.5) is 5.69 Å². The van der Waals surface area contributed by atoms with Gasteiger partial charge in [0.1, 0.15) is 12.1 Å². The number of aromatic nitrogens is 3. The number of thioether (sulfide) groups is 1. The highest BCUT2D eigenvalue weighted by Gasteiger charge is 2.32. The van der Waals surface area contributed by atoms with E-state index < -0.39 is 0 Å². The van der Waals surface area contributed by atoms with Crippen LogP contribution in [0.3, 0.4) is 0 Å². The van der Waals surface area contributed by atoms with Crippen molar-refractivity contribution in [2.45, 2.75) is 36.2 Å². The van der Waals surface area contributed by atoms with Gasteiger partial charge >= 0.3 is 0 Å². The number of ether oxygens (including phenoxy) is 1. The molecule has 2 aromatic carbocycles. The van der Waals surface area contributed by atoms with E-state index in [4.69, 9.17) is 4.74 Å². The molecule has 1 aliphatic heterocycles. The molecule has 0 bridgehead atoms. The van der Waals surface area contributed by atoms with Gasteiger partial charge in [-0.25, -0.2) is 0 Å². The molecule has 5 rings (SSSR count). The van der Waals surface area contributed by atoms with Crippen molar-refractivity contribution in [2.75, 3.05) is 31.3 Å². The van der Waals surface area contributed by atoms with Crippen LogP contribution < -0.4 is 10.2 Å². The number of nitrogens with zero attached hydrogens (tertiary/aromatic N) is 4. The van der Waals surface area contributed by atoms with Crippen LogP contribution in [0, 0.1) is 0 Å². The maximum absolute atomic E-state index is 6.28. The first-order chi connectivity index (χ1) is 14.7. The van der Waals surface area contributed by atoms with E-state index in [2.05, 4.69) is 87.6 Å². The average Bonchev–Trinajstić information content (AvgIpc) is 3.36. The topological polar surface area (TPSA) is 55.2 Å². The van der Waals surface area contributed by atoms with E-state index in [0.717, 1.165) is 34.5 Å². The lowest BCUT2D eigenvalue weighted by atomic mass is 10.2. The van der Waals surface area contributed by atoms with Crippen molar-refractivity contribution in [3.05, 3.63) is 66.0 Å². The van der Waals surface area contributed by atoms with E-state index in [1.165, 1.54) is 18.5 Å². The number of rotatable bonds is 7. The SMILES string of the molecule is CN(C)c1ccc([C@@H]2NC[C@@H](CSc3nnc(C4CC4)n3-c3ccccc3)O2)cc1. The third kappa shape index (κ3) is 4.10. The highest BCUT2D eigenvalue weighted by molar-refractivity contribution is 7.99. The summed E-state index contributed by atoms with van der Waals surface area (Å²) in [5.74, 6) is 2.48. The Morgan fingerprint density at radius 2 is 1.83 bits per heavy atom. The zero-order valence-corrected chi connectivity index (χ0v) is 18.2. The molecule has 1 aromatic heterocycles. The molecule has 1 aliphatic carbocycles. The van der Waals surface area contributed by atoms with Gasteiger partial charge in [-0.2, -0.15) is 0 Å². The van der Waals surface area contributed by atoms with Gasteiger partial charge in [0, 0.05) is 43.7 Å². The Labute approximate surface area is 181 Å². The third-order valence-electron chi connectivity index (χ3n) is 5.59. The molecule has 1 saturated heterocycles. The fraction of sp³-hybridized carbons (Fsp3) is 0.391. The lowest BCUT2D eigenvalue weighted by Gasteiger charge is -2.16. The lowest BCUT2D eigenvalue weighted by Crippen LogP contribution is -2.17. The monoisotopic (exact) mass is 421 g/mol. The van der Waals surface area contributed by atoms with Gasteiger partial charge in [0.25, 0.3) is 0 Å². The molecule has 156 valence electrons. The van der Waals surface area contributed by atoms with Crippen LogP contribution >= 0.6 is 11.8 Å². The molecular formula is C23H27N5OS. The lowest BCUT2D eigenvalue weighted by molar-refractivity contribution is 0.0534. The minimum Gasteiger partial charge on any atom is -0.378 e. The Morgan fingerprint density at radius 3 is 2.53 bits per heavy atom. The summed E-state index contributed by atoms with van der Waals surface area (Å²) in [4.78, 5) is 2.10. The summed E-state index contributed by atoms with van der Waals surface area (Å²) < 4.78 is 8.50. The Hall–Kier alpha value is -2.35. The van der Waals surface area contributed by atoms with Crippen LogP contribution in [0.1, 0.15) is 36.4 Å². The number of hydrogen-bond acceptors (Lipinski definition) is 6. The second-order valence-corrected chi connectivity index (χ2v) is 9.12. The Balaban J connectivity index is 1.25. The number of nitrogens with one attached hydrogen (secondary N) is 1. The molecule has 0 radical (unpaired) electrons. The van der Waals surface area contributed by atoms with E-state index in [1.807, 2.05) is 6.07 Å². The van der Waals surface area contributed by atoms with Crippen molar-refractivity contribution in [2.24, 2.45) is 0 Å². The second kappa shape index (κ2) is 8.41. The van der Waals surface area contributed by atoms with Crippen molar-refractivity contribution in [1.82, 2.24) is 20.1 Å². The maximum atomic E-state index is 6.28. The van der Waals surface area contributed by atoms with Crippen LogP contribution in [-0.2, 0) is 4.74 Å². The normalized spacial score (nSPS) is 21.1. The molecule has 2 fully saturated rings. The second-order valence-electron chi connectivity index (χ2n) is 8.13. The Kier molecular flexibility index (Phi) is 5.50. The predicted molar refractivity (Wildman–Crippen MR) is 120 cm³/mol. The van der Waals surface area contributed by atoms with E-state index >= 15 is 0 Å². The fourth-order valence-corrected chi connectivity index (χ4v) is 4.69. The van der Waals surface area contributed by atoms with Crippen molar-refractivity contribution in [3.63, 3.8) is 0 Å². The number of benzene rings is 2. The molecule has 1 N–H and O–H groups in total. The van der Waals surface area contributed by atoms with Gasteiger partial charge in [-0.05, 0) is 42.7 Å². The number of para-hydroxylation sites is 1. The number of hydrogen-bond donors (Lipinski definition) is 1. The summed E-state index contributed by atoms with van der Waals surface area (Å²) >= 11 is 1.73. The molecule has 6 nitrogen and oxygen atoms in total. The summed E-state index contributed by atoms with van der Waals surface area (Å²) in [7, 11) is 4.10. The molecule has 7 heteroatoms. The fourth-order valence-electron chi connectivity index (χ4n) is 3.74. The van der Waals surface area contributed by atoms with Gasteiger partial charge < -0.3 is 9.64 Å². The van der Waals surface area contributed by atoms with Gasteiger partial charge in [-0.3, -0.25) is 9.88 Å². The quantitative estimate of drug-likeness (QED) is 0.582. The first-order valence-electron chi connectivity index (χ1n) is 10.5. The van der Waals surface area contributed by atoms with Crippen molar-refractivity contribution in [1.29, 1.82) is 0 Å². The van der Waals surface area contributed by atoms with E-state index in [9.17, 15) is 0 Å². The van der Waals surface area contributed by atoms with E-state index in [-0.39, 0.29) is 12.3 Å². The molecule has 0 amide bonds. The van der Waals surface area contributed by atoms with Crippen LogP contribution in [0.25, 0.3) is 5.69 Å². The summed E-state index contributed by atoms with van der Waals surface area (Å²) in [6, 6.07) is 19.0. The smallest absolute Gasteiger partial charge is 0.195 e. The standard InChI is InChI=1S/C23H27N5OS/c1-27(2)18-12-10-17(11-13-18)22-24-14-20(29-22)15-30-23-26-25-21(16-8-9-16)28(23)19-6-4-3-5-7-19/h3-7,10-13,16,20,22,24H,8-9,14-15H2,1-2H3/t20-,22+/m0/s1. The molecule has 0 spiro atoms. The van der Waals surface area contributed by atoms with E-state index in [1.54, 1.807) is 11.8 Å². The van der Waals surface area contributed by atoms with Gasteiger partial charge in [-0.1, -0.05) is 42.1 Å². The molecular weight excluding hydrogens is 394 g/mol. The first-order valence-corrected chi connectivity index (χ1v) is 11.5. The van der Waals surface area contributed by atoms with Gasteiger partial charge in [0.2, 0.25) is 0 Å². The summed E-state index contributed by atoms with van der Waals surface area (Å²) in [6.45, 7) is 0.835. The molecule has 3 aromatic rings. The molecule has 2 atom stereocenters. The molecule has 1 saturated carbocycles. The number of anilines is 1. The minimum atomic E-state index is -0.0548. The predicted octanol–water partition coefficient (Wildman–Crippen LogP) is 3.99. The highest BCUT2D eigenvalue weighted by Crippen LogP contribution is 2.41. The first kappa shape index (κ1) is 19.6. The summed E-state index contributed by atoms with van der Waals surface area (Å²) in [5.41, 5.74) is 3.49. The van der Waals surface area contributed by atoms with Gasteiger partial charge in [0.05, 0.1) is 6.10 Å². The zero-order valence-electron chi connectivity index (χ0n) is 17.4. The van der Waals surface area contributed by atoms with Crippen LogP contribution in [0.2, 0.25) is 0 Å². The van der Waals surface area contributed by atoms with E-state index in [0.29, 0.717) is 5.92 Å². The summed E-state index contributed by atoms with van der Waals surface area (Å²) in [6.07, 6.45) is 2.50. The van der Waals surface area contributed by atoms with Crippen molar-refractivity contribution >= 4 is 17.4 Å². The average molecular weight is 422 g/mol. The maximum Gasteiger partial charge on any atom is 0.195 e. The molecule has 2 heterocycles. The van der Waals surface area contributed by atoms with Gasteiger partial charge in [-0.15, -0.1) is 10.2 Å². The van der Waals surface area contributed by atoms with Crippen LogP contribution in [0.5, 0.6) is 0 Å². The minimum absolute atomic E-state index is 0.0548. The van der Waals surface area contributed by atoms with Crippen LogP contribution in [0.15, 0.2) is 59.8 Å². The largest absolute Gasteiger partial charge is 0.378 e. The van der Waals surface area contributed by atoms with Crippen molar-refractivity contribution < 1.29 is 4.74 Å². The van der Waals surface area contributed by atoms with Crippen LogP contribution in [-0.4, -0.2) is 47.3 Å². The summed E-state index contributed by atoms with van der Waals surface area (Å²) in [5, 5.41) is 13.5. The van der Waals surface area contributed by atoms with Crippen molar-refractivity contribution in [3.8, 4) is 5.69 Å².